The minimum absolute atomic E-state index is 0.894. The van der Waals surface area contributed by atoms with Gasteiger partial charge >= 0.3 is 0 Å². The normalized spacial score (nSPS) is 11.6. The van der Waals surface area contributed by atoms with Crippen molar-refractivity contribution < 1.29 is 0 Å². The fraction of sp³-hybridized carbons (Fsp3) is 0. The molecule has 0 aliphatic heterocycles. The van der Waals surface area contributed by atoms with E-state index in [0.29, 0.717) is 0 Å². The fourth-order valence-electron chi connectivity index (χ4n) is 6.52. The molecule has 3 nitrogen and oxygen atoms in total. The van der Waals surface area contributed by atoms with E-state index in [2.05, 4.69) is 126 Å². The van der Waals surface area contributed by atoms with E-state index in [1.54, 1.807) is 6.20 Å². The third-order valence-corrected chi connectivity index (χ3v) is 8.74. The van der Waals surface area contributed by atoms with Crippen LogP contribution in [0.1, 0.15) is 0 Å². The quantitative estimate of drug-likeness (QED) is 0.202. The number of hydrogen-bond donors (Lipinski definition) is 0. The number of fused-ring (bicyclic) bond motifs is 9. The van der Waals surface area contributed by atoms with Crippen LogP contribution in [0.3, 0.4) is 0 Å². The lowest BCUT2D eigenvalue weighted by atomic mass is 9.92. The standard InChI is InChI=1S/C41H25N3/c1-2-9-34-32(7-1)33-8-3-4-10-35(33)37-24-30(17-20-36(34)37)26-11-13-27(14-12-26)38-21-18-28-15-16-29-19-22-39(31-6-5-23-42-25-31)44-41(29)40(28)43-38/h1-25H. The molecule has 0 spiro atoms. The van der Waals surface area contributed by atoms with Crippen molar-refractivity contribution in [1.29, 1.82) is 0 Å². The Morgan fingerprint density at radius 3 is 1.43 bits per heavy atom. The summed E-state index contributed by atoms with van der Waals surface area (Å²) in [5.41, 5.74) is 8.09. The Labute approximate surface area is 254 Å². The van der Waals surface area contributed by atoms with Crippen LogP contribution in [0.4, 0.5) is 0 Å². The predicted octanol–water partition coefficient (Wildman–Crippen LogP) is 10.6. The van der Waals surface area contributed by atoms with Crippen molar-refractivity contribution >= 4 is 54.1 Å². The molecule has 0 atom stereocenters. The molecular weight excluding hydrogens is 534 g/mol. The molecule has 3 heterocycles. The largest absolute Gasteiger partial charge is 0.264 e. The molecule has 3 heteroatoms. The lowest BCUT2D eigenvalue weighted by molar-refractivity contribution is 1.30. The number of hydrogen-bond acceptors (Lipinski definition) is 3. The monoisotopic (exact) mass is 559 g/mol. The van der Waals surface area contributed by atoms with Gasteiger partial charge in [0.2, 0.25) is 0 Å². The van der Waals surface area contributed by atoms with Gasteiger partial charge in [0.1, 0.15) is 0 Å². The van der Waals surface area contributed by atoms with Crippen molar-refractivity contribution in [3.8, 4) is 33.6 Å². The van der Waals surface area contributed by atoms with E-state index in [4.69, 9.17) is 9.97 Å². The molecule has 0 radical (unpaired) electrons. The van der Waals surface area contributed by atoms with Crippen LogP contribution < -0.4 is 0 Å². The highest BCUT2D eigenvalue weighted by atomic mass is 14.8. The van der Waals surface area contributed by atoms with Gasteiger partial charge in [0.05, 0.1) is 22.4 Å². The van der Waals surface area contributed by atoms with Crippen LogP contribution in [0.15, 0.2) is 152 Å². The molecular formula is C41H25N3. The van der Waals surface area contributed by atoms with E-state index < -0.39 is 0 Å². The maximum atomic E-state index is 5.14. The first-order valence-corrected chi connectivity index (χ1v) is 14.9. The van der Waals surface area contributed by atoms with Gasteiger partial charge in [0.25, 0.3) is 0 Å². The van der Waals surface area contributed by atoms with Crippen LogP contribution in [0, 0.1) is 0 Å². The summed E-state index contributed by atoms with van der Waals surface area (Å²) in [5.74, 6) is 0. The number of nitrogens with zero attached hydrogens (tertiary/aromatic N) is 3. The van der Waals surface area contributed by atoms with E-state index in [1.807, 2.05) is 24.4 Å². The molecule has 3 aromatic heterocycles. The van der Waals surface area contributed by atoms with E-state index in [1.165, 1.54) is 43.4 Å². The van der Waals surface area contributed by atoms with Crippen molar-refractivity contribution in [1.82, 2.24) is 15.0 Å². The number of benzene rings is 6. The fourth-order valence-corrected chi connectivity index (χ4v) is 6.52. The Hall–Kier alpha value is -5.93. The lowest BCUT2D eigenvalue weighted by Gasteiger charge is -2.12. The second-order valence-corrected chi connectivity index (χ2v) is 11.3. The number of aromatic nitrogens is 3. The Balaban J connectivity index is 1.13. The van der Waals surface area contributed by atoms with E-state index >= 15 is 0 Å². The van der Waals surface area contributed by atoms with Gasteiger partial charge in [-0.25, -0.2) is 9.97 Å². The molecule has 0 saturated heterocycles. The van der Waals surface area contributed by atoms with Gasteiger partial charge in [0, 0.05) is 34.3 Å². The maximum absolute atomic E-state index is 5.14. The van der Waals surface area contributed by atoms with Gasteiger partial charge in [-0.15, -0.1) is 0 Å². The number of pyridine rings is 3. The molecule has 9 rings (SSSR count). The minimum atomic E-state index is 0.894. The summed E-state index contributed by atoms with van der Waals surface area (Å²) in [6.45, 7) is 0. The second kappa shape index (κ2) is 9.82. The van der Waals surface area contributed by atoms with Crippen LogP contribution in [0.5, 0.6) is 0 Å². The van der Waals surface area contributed by atoms with Gasteiger partial charge in [-0.2, -0.15) is 0 Å². The van der Waals surface area contributed by atoms with Gasteiger partial charge in [-0.05, 0) is 73.8 Å². The third-order valence-electron chi connectivity index (χ3n) is 8.74. The first kappa shape index (κ1) is 24.6. The number of rotatable bonds is 3. The second-order valence-electron chi connectivity index (χ2n) is 11.3. The topological polar surface area (TPSA) is 38.7 Å². The molecule has 6 aromatic carbocycles. The molecule has 0 unspecified atom stereocenters. The summed E-state index contributed by atoms with van der Waals surface area (Å²) >= 11 is 0. The van der Waals surface area contributed by atoms with Crippen LogP contribution in [-0.2, 0) is 0 Å². The molecule has 0 amide bonds. The van der Waals surface area contributed by atoms with Crippen molar-refractivity contribution in [2.24, 2.45) is 0 Å². The average Bonchev–Trinajstić information content (AvgIpc) is 3.11. The smallest absolute Gasteiger partial charge is 0.0972 e. The molecule has 0 saturated carbocycles. The van der Waals surface area contributed by atoms with Crippen LogP contribution in [-0.4, -0.2) is 15.0 Å². The molecule has 44 heavy (non-hydrogen) atoms. The van der Waals surface area contributed by atoms with Crippen molar-refractivity contribution in [2.45, 2.75) is 0 Å². The first-order chi connectivity index (χ1) is 21.8. The van der Waals surface area contributed by atoms with Crippen LogP contribution in [0.25, 0.3) is 87.8 Å². The van der Waals surface area contributed by atoms with Crippen molar-refractivity contribution in [2.75, 3.05) is 0 Å². The minimum Gasteiger partial charge on any atom is -0.264 e. The maximum Gasteiger partial charge on any atom is 0.0972 e. The zero-order valence-electron chi connectivity index (χ0n) is 23.8. The highest BCUT2D eigenvalue weighted by Gasteiger charge is 2.11. The molecule has 0 bridgehead atoms. The van der Waals surface area contributed by atoms with Crippen LogP contribution >= 0.6 is 0 Å². The summed E-state index contributed by atoms with van der Waals surface area (Å²) < 4.78 is 0. The molecule has 0 aliphatic carbocycles. The zero-order valence-corrected chi connectivity index (χ0v) is 23.8. The summed E-state index contributed by atoms with van der Waals surface area (Å²) in [6.07, 6.45) is 3.63. The Kier molecular flexibility index (Phi) is 5.50. The summed E-state index contributed by atoms with van der Waals surface area (Å²) in [6, 6.07) is 49.6. The Morgan fingerprint density at radius 1 is 0.341 bits per heavy atom. The zero-order chi connectivity index (χ0) is 29.0. The molecule has 204 valence electrons. The summed E-state index contributed by atoms with van der Waals surface area (Å²) in [4.78, 5) is 14.4. The Bertz CT molecular complexity index is 2500. The first-order valence-electron chi connectivity index (χ1n) is 14.9. The highest BCUT2D eigenvalue weighted by Crippen LogP contribution is 2.37. The molecule has 9 aromatic rings. The molecule has 0 aliphatic rings. The predicted molar refractivity (Wildman–Crippen MR) is 184 cm³/mol. The van der Waals surface area contributed by atoms with E-state index in [0.717, 1.165) is 44.3 Å². The highest BCUT2D eigenvalue weighted by molar-refractivity contribution is 6.25. The third kappa shape index (κ3) is 3.94. The van der Waals surface area contributed by atoms with Gasteiger partial charge in [-0.3, -0.25) is 4.98 Å². The average molecular weight is 560 g/mol. The molecule has 0 N–H and O–H groups in total. The molecule has 0 fully saturated rings. The van der Waals surface area contributed by atoms with Crippen molar-refractivity contribution in [3.63, 3.8) is 0 Å². The van der Waals surface area contributed by atoms with E-state index in [9.17, 15) is 0 Å². The van der Waals surface area contributed by atoms with Crippen LogP contribution in [0.2, 0.25) is 0 Å². The van der Waals surface area contributed by atoms with Crippen molar-refractivity contribution in [3.05, 3.63) is 152 Å². The SMILES string of the molecule is c1cncc(-c2ccc3ccc4ccc(-c5ccc(-c6ccc7c8ccccc8c8ccccc8c7c6)cc5)nc4c3n2)c1. The summed E-state index contributed by atoms with van der Waals surface area (Å²) in [7, 11) is 0. The Morgan fingerprint density at radius 2 is 0.841 bits per heavy atom. The van der Waals surface area contributed by atoms with Gasteiger partial charge < -0.3 is 0 Å². The lowest BCUT2D eigenvalue weighted by Crippen LogP contribution is -1.91. The van der Waals surface area contributed by atoms with Gasteiger partial charge in [-0.1, -0.05) is 109 Å². The van der Waals surface area contributed by atoms with Gasteiger partial charge in [0.15, 0.2) is 0 Å². The summed E-state index contributed by atoms with van der Waals surface area (Å²) in [5, 5.41) is 9.88. The van der Waals surface area contributed by atoms with E-state index in [-0.39, 0.29) is 0 Å².